The first-order valence-electron chi connectivity index (χ1n) is 8.19. The Morgan fingerprint density at radius 1 is 1.36 bits per heavy atom. The summed E-state index contributed by atoms with van der Waals surface area (Å²) in [6.07, 6.45) is 2.13. The maximum atomic E-state index is 12.2. The number of likely N-dealkylation sites (tertiary alicyclic amines) is 1. The van der Waals surface area contributed by atoms with Crippen LogP contribution in [-0.2, 0) is 9.53 Å². The van der Waals surface area contributed by atoms with Crippen molar-refractivity contribution in [2.24, 2.45) is 0 Å². The Hall–Kier alpha value is -1.47. The van der Waals surface area contributed by atoms with E-state index in [1.807, 2.05) is 11.0 Å². The molecule has 1 aromatic carbocycles. The molecular formula is C17H22BrClN2O4. The first-order chi connectivity index (χ1) is 12.0. The second kappa shape index (κ2) is 9.87. The van der Waals surface area contributed by atoms with Gasteiger partial charge in [0.1, 0.15) is 5.75 Å². The smallest absolute Gasteiger partial charge is 0.407 e. The summed E-state index contributed by atoms with van der Waals surface area (Å²) < 4.78 is 11.1. The van der Waals surface area contributed by atoms with Gasteiger partial charge in [-0.05, 0) is 37.5 Å². The molecule has 0 aliphatic carbocycles. The van der Waals surface area contributed by atoms with E-state index in [-0.39, 0.29) is 11.9 Å². The summed E-state index contributed by atoms with van der Waals surface area (Å²) in [6.45, 7) is 1.73. The van der Waals surface area contributed by atoms with Crippen LogP contribution in [0.4, 0.5) is 4.79 Å². The van der Waals surface area contributed by atoms with Crippen LogP contribution >= 0.6 is 27.5 Å². The highest BCUT2D eigenvalue weighted by Crippen LogP contribution is 2.27. The third-order valence-corrected chi connectivity index (χ3v) is 4.83. The van der Waals surface area contributed by atoms with Gasteiger partial charge in [-0.3, -0.25) is 4.79 Å². The molecular weight excluding hydrogens is 412 g/mol. The van der Waals surface area contributed by atoms with E-state index >= 15 is 0 Å². The number of piperidine rings is 1. The van der Waals surface area contributed by atoms with Crippen LogP contribution in [0.25, 0.3) is 0 Å². The van der Waals surface area contributed by atoms with Crippen molar-refractivity contribution in [3.8, 4) is 5.75 Å². The zero-order valence-corrected chi connectivity index (χ0v) is 16.4. The van der Waals surface area contributed by atoms with E-state index in [0.717, 1.165) is 17.3 Å². The summed E-state index contributed by atoms with van der Waals surface area (Å²) in [4.78, 5) is 25.3. The minimum atomic E-state index is -0.423. The molecule has 0 unspecified atom stereocenters. The number of hydrogen-bond acceptors (Lipinski definition) is 4. The van der Waals surface area contributed by atoms with E-state index in [9.17, 15) is 9.59 Å². The number of hydrogen-bond donors (Lipinski definition) is 1. The molecule has 1 N–H and O–H groups in total. The van der Waals surface area contributed by atoms with Crippen LogP contribution in [0.5, 0.6) is 5.75 Å². The zero-order valence-electron chi connectivity index (χ0n) is 14.1. The predicted octanol–water partition coefficient (Wildman–Crippen LogP) is 3.61. The lowest BCUT2D eigenvalue weighted by molar-refractivity contribution is -0.132. The molecule has 8 heteroatoms. The zero-order chi connectivity index (χ0) is 18.2. The van der Waals surface area contributed by atoms with Crippen LogP contribution in [0.15, 0.2) is 22.7 Å². The summed E-state index contributed by atoms with van der Waals surface area (Å²) in [5, 5.41) is 3.32. The largest absolute Gasteiger partial charge is 0.492 e. The van der Waals surface area contributed by atoms with E-state index in [0.29, 0.717) is 43.3 Å². The standard InChI is InChI=1S/C17H22BrClN2O4/c1-24-17(23)20-13-6-8-21(9-7-13)16(22)3-2-10-25-15-5-4-12(18)11-14(15)19/h4-5,11,13H,2-3,6-10H2,1H3,(H,20,23). The molecule has 1 aliphatic rings. The van der Waals surface area contributed by atoms with Crippen LogP contribution in [0.1, 0.15) is 25.7 Å². The number of halogens is 2. The number of ether oxygens (including phenoxy) is 2. The Bertz CT molecular complexity index is 606. The molecule has 0 spiro atoms. The van der Waals surface area contributed by atoms with Crippen molar-refractivity contribution in [1.29, 1.82) is 0 Å². The fraction of sp³-hybridized carbons (Fsp3) is 0.529. The van der Waals surface area contributed by atoms with Gasteiger partial charge in [-0.25, -0.2) is 4.79 Å². The highest BCUT2D eigenvalue weighted by atomic mass is 79.9. The molecule has 0 aromatic heterocycles. The summed E-state index contributed by atoms with van der Waals surface area (Å²) in [7, 11) is 1.34. The molecule has 1 aliphatic heterocycles. The van der Waals surface area contributed by atoms with Gasteiger partial charge in [-0.1, -0.05) is 27.5 Å². The summed E-state index contributed by atoms with van der Waals surface area (Å²) >= 11 is 9.43. The number of carbonyl (C=O) groups is 2. The predicted molar refractivity (Wildman–Crippen MR) is 99.0 cm³/mol. The number of nitrogens with one attached hydrogen (secondary N) is 1. The molecule has 6 nitrogen and oxygen atoms in total. The van der Waals surface area contributed by atoms with Crippen molar-refractivity contribution in [2.75, 3.05) is 26.8 Å². The topological polar surface area (TPSA) is 67.9 Å². The Morgan fingerprint density at radius 3 is 2.72 bits per heavy atom. The van der Waals surface area contributed by atoms with E-state index < -0.39 is 6.09 Å². The third-order valence-electron chi connectivity index (χ3n) is 4.04. The molecule has 138 valence electrons. The Morgan fingerprint density at radius 2 is 2.08 bits per heavy atom. The van der Waals surface area contributed by atoms with E-state index in [4.69, 9.17) is 16.3 Å². The SMILES string of the molecule is COC(=O)NC1CCN(C(=O)CCCOc2ccc(Br)cc2Cl)CC1. The minimum Gasteiger partial charge on any atom is -0.492 e. The van der Waals surface area contributed by atoms with Crippen molar-refractivity contribution in [1.82, 2.24) is 10.2 Å². The van der Waals surface area contributed by atoms with E-state index in [2.05, 4.69) is 26.0 Å². The average Bonchev–Trinajstić information content (AvgIpc) is 2.60. The van der Waals surface area contributed by atoms with Gasteiger partial charge >= 0.3 is 6.09 Å². The quantitative estimate of drug-likeness (QED) is 0.696. The maximum Gasteiger partial charge on any atom is 0.407 e. The lowest BCUT2D eigenvalue weighted by atomic mass is 10.0. The van der Waals surface area contributed by atoms with Crippen molar-refractivity contribution < 1.29 is 19.1 Å². The number of methoxy groups -OCH3 is 1. The van der Waals surface area contributed by atoms with Gasteiger partial charge in [0.25, 0.3) is 0 Å². The molecule has 2 rings (SSSR count). The number of amides is 2. The van der Waals surface area contributed by atoms with Gasteiger partial charge in [0.05, 0.1) is 18.7 Å². The first-order valence-corrected chi connectivity index (χ1v) is 9.37. The lowest BCUT2D eigenvalue weighted by Gasteiger charge is -2.32. The molecule has 1 fully saturated rings. The summed E-state index contributed by atoms with van der Waals surface area (Å²) in [5.74, 6) is 0.731. The van der Waals surface area contributed by atoms with Gasteiger partial charge in [0.2, 0.25) is 5.91 Å². The first kappa shape index (κ1) is 19.8. The van der Waals surface area contributed by atoms with Gasteiger partial charge in [-0.2, -0.15) is 0 Å². The highest BCUT2D eigenvalue weighted by Gasteiger charge is 2.23. The lowest BCUT2D eigenvalue weighted by Crippen LogP contribution is -2.46. The molecule has 0 atom stereocenters. The van der Waals surface area contributed by atoms with Crippen LogP contribution < -0.4 is 10.1 Å². The fourth-order valence-corrected chi connectivity index (χ4v) is 3.38. The van der Waals surface area contributed by atoms with Crippen molar-refractivity contribution >= 4 is 39.5 Å². The molecule has 0 bridgehead atoms. The monoisotopic (exact) mass is 432 g/mol. The van der Waals surface area contributed by atoms with Crippen molar-refractivity contribution in [3.05, 3.63) is 27.7 Å². The molecule has 0 saturated carbocycles. The number of nitrogens with zero attached hydrogens (tertiary/aromatic N) is 1. The van der Waals surface area contributed by atoms with Crippen LogP contribution in [0, 0.1) is 0 Å². The number of carbonyl (C=O) groups excluding carboxylic acids is 2. The second-order valence-electron chi connectivity index (χ2n) is 5.82. The van der Waals surface area contributed by atoms with Crippen LogP contribution in [-0.4, -0.2) is 49.7 Å². The molecule has 25 heavy (non-hydrogen) atoms. The molecule has 2 amide bonds. The number of alkyl carbamates (subject to hydrolysis) is 1. The Kier molecular flexibility index (Phi) is 7.84. The van der Waals surface area contributed by atoms with Gasteiger partial charge < -0.3 is 19.7 Å². The maximum absolute atomic E-state index is 12.2. The normalized spacial score (nSPS) is 14.9. The minimum absolute atomic E-state index is 0.0689. The Balaban J connectivity index is 1.65. The Labute approximate surface area is 160 Å². The van der Waals surface area contributed by atoms with E-state index in [1.165, 1.54) is 7.11 Å². The fourth-order valence-electron chi connectivity index (χ4n) is 2.65. The average molecular weight is 434 g/mol. The summed E-state index contributed by atoms with van der Waals surface area (Å²) in [5.41, 5.74) is 0. The number of rotatable bonds is 6. The summed E-state index contributed by atoms with van der Waals surface area (Å²) in [6, 6.07) is 5.50. The molecule has 1 aromatic rings. The third kappa shape index (κ3) is 6.40. The number of benzene rings is 1. The van der Waals surface area contributed by atoms with Crippen LogP contribution in [0.2, 0.25) is 5.02 Å². The van der Waals surface area contributed by atoms with Crippen LogP contribution in [0.3, 0.4) is 0 Å². The molecule has 0 radical (unpaired) electrons. The van der Waals surface area contributed by atoms with Crippen molar-refractivity contribution in [2.45, 2.75) is 31.7 Å². The van der Waals surface area contributed by atoms with Gasteiger partial charge in [0.15, 0.2) is 0 Å². The molecule has 1 saturated heterocycles. The van der Waals surface area contributed by atoms with Gasteiger partial charge in [-0.15, -0.1) is 0 Å². The highest BCUT2D eigenvalue weighted by molar-refractivity contribution is 9.10. The van der Waals surface area contributed by atoms with E-state index in [1.54, 1.807) is 12.1 Å². The molecule has 1 heterocycles. The second-order valence-corrected chi connectivity index (χ2v) is 7.14. The van der Waals surface area contributed by atoms with Crippen molar-refractivity contribution in [3.63, 3.8) is 0 Å². The van der Waals surface area contributed by atoms with Gasteiger partial charge in [0, 0.05) is 30.0 Å².